The highest BCUT2D eigenvalue weighted by molar-refractivity contribution is 7.71. The van der Waals surface area contributed by atoms with Gasteiger partial charge < -0.3 is 10.1 Å². The van der Waals surface area contributed by atoms with E-state index < -0.39 is 0 Å². The van der Waals surface area contributed by atoms with Crippen molar-refractivity contribution in [1.82, 2.24) is 20.1 Å². The fourth-order valence-electron chi connectivity index (χ4n) is 3.11. The lowest BCUT2D eigenvalue weighted by Crippen LogP contribution is -2.24. The van der Waals surface area contributed by atoms with Gasteiger partial charge in [0.15, 0.2) is 10.6 Å². The molecule has 7 heteroatoms. The molecule has 0 atom stereocenters. The summed E-state index contributed by atoms with van der Waals surface area (Å²) in [5, 5.41) is 10.1. The first-order valence-electron chi connectivity index (χ1n) is 10.3. The summed E-state index contributed by atoms with van der Waals surface area (Å²) >= 11 is 5.36. The average Bonchev–Trinajstić information content (AvgIpc) is 3.11. The number of rotatable bonds is 10. The molecule has 0 aliphatic heterocycles. The molecule has 0 aliphatic carbocycles. The van der Waals surface area contributed by atoms with Crippen molar-refractivity contribution in [2.75, 3.05) is 6.61 Å². The fraction of sp³-hybridized carbons (Fsp3) is 0.348. The molecule has 30 heavy (non-hydrogen) atoms. The standard InChI is InChI=1S/C23H28N4O2S/c1-3-4-13-29-20-10-6-8-18(15-20)16-24-21(28)11-12-27-22(25-26-23(27)30)19-9-5-7-17(2)14-19/h5-10,14-15H,3-4,11-13,16H2,1-2H3,(H,24,28)(H,26,30). The molecule has 0 unspecified atom stereocenters. The van der Waals surface area contributed by atoms with Crippen LogP contribution in [0.4, 0.5) is 0 Å². The van der Waals surface area contributed by atoms with E-state index in [2.05, 4.69) is 28.5 Å². The van der Waals surface area contributed by atoms with Crippen LogP contribution in [0.2, 0.25) is 0 Å². The molecule has 6 nitrogen and oxygen atoms in total. The molecule has 0 fully saturated rings. The Kier molecular flexibility index (Phi) is 7.79. The van der Waals surface area contributed by atoms with Crippen LogP contribution in [0.5, 0.6) is 5.75 Å². The maximum absolute atomic E-state index is 12.4. The van der Waals surface area contributed by atoms with Gasteiger partial charge in [0, 0.05) is 25.1 Å². The molecule has 0 spiro atoms. The van der Waals surface area contributed by atoms with Crippen molar-refractivity contribution >= 4 is 18.1 Å². The minimum atomic E-state index is -0.0365. The summed E-state index contributed by atoms with van der Waals surface area (Å²) in [6.45, 7) is 5.80. The molecular weight excluding hydrogens is 396 g/mol. The Hall–Kier alpha value is -2.93. The zero-order valence-electron chi connectivity index (χ0n) is 17.5. The van der Waals surface area contributed by atoms with Gasteiger partial charge in [-0.25, -0.2) is 0 Å². The summed E-state index contributed by atoms with van der Waals surface area (Å²) < 4.78 is 8.11. The van der Waals surface area contributed by atoms with Gasteiger partial charge in [0.1, 0.15) is 5.75 Å². The van der Waals surface area contributed by atoms with E-state index in [0.717, 1.165) is 41.1 Å². The average molecular weight is 425 g/mol. The quantitative estimate of drug-likeness (QED) is 0.362. The van der Waals surface area contributed by atoms with Crippen molar-refractivity contribution in [3.63, 3.8) is 0 Å². The topological polar surface area (TPSA) is 71.9 Å². The molecule has 158 valence electrons. The number of aryl methyl sites for hydroxylation is 1. The highest BCUT2D eigenvalue weighted by Gasteiger charge is 2.11. The van der Waals surface area contributed by atoms with Gasteiger partial charge in [-0.2, -0.15) is 5.10 Å². The molecule has 1 aromatic heterocycles. The van der Waals surface area contributed by atoms with Crippen molar-refractivity contribution in [3.05, 3.63) is 64.4 Å². The number of H-pyrrole nitrogens is 1. The van der Waals surface area contributed by atoms with Crippen LogP contribution in [0, 0.1) is 11.7 Å². The number of benzene rings is 2. The van der Waals surface area contributed by atoms with Gasteiger partial charge in [-0.3, -0.25) is 14.5 Å². The largest absolute Gasteiger partial charge is 0.494 e. The van der Waals surface area contributed by atoms with Crippen molar-refractivity contribution in [1.29, 1.82) is 0 Å². The number of carbonyl (C=O) groups excluding carboxylic acids is 1. The molecule has 3 aromatic rings. The Labute approximate surface area is 182 Å². The maximum atomic E-state index is 12.4. The van der Waals surface area contributed by atoms with Gasteiger partial charge in [-0.15, -0.1) is 0 Å². The minimum Gasteiger partial charge on any atom is -0.494 e. The molecule has 1 amide bonds. The number of nitrogens with one attached hydrogen (secondary N) is 2. The zero-order valence-corrected chi connectivity index (χ0v) is 18.3. The third kappa shape index (κ3) is 6.03. The Balaban J connectivity index is 1.55. The molecule has 2 aromatic carbocycles. The molecular formula is C23H28N4O2S. The van der Waals surface area contributed by atoms with Gasteiger partial charge in [0.05, 0.1) is 6.61 Å². The highest BCUT2D eigenvalue weighted by atomic mass is 32.1. The second kappa shape index (κ2) is 10.7. The Morgan fingerprint density at radius 1 is 1.23 bits per heavy atom. The monoisotopic (exact) mass is 424 g/mol. The molecule has 0 aliphatic rings. The second-order valence-corrected chi connectivity index (χ2v) is 7.64. The molecule has 2 N–H and O–H groups in total. The first kappa shape index (κ1) is 21.8. The normalized spacial score (nSPS) is 10.7. The van der Waals surface area contributed by atoms with Gasteiger partial charge >= 0.3 is 0 Å². The van der Waals surface area contributed by atoms with E-state index in [1.54, 1.807) is 0 Å². The number of nitrogens with zero attached hydrogens (tertiary/aromatic N) is 2. The SMILES string of the molecule is CCCCOc1cccc(CNC(=O)CCn2c(-c3cccc(C)c3)n[nH]c2=S)c1. The second-order valence-electron chi connectivity index (χ2n) is 7.25. The number of amides is 1. The first-order chi connectivity index (χ1) is 14.6. The Morgan fingerprint density at radius 3 is 2.87 bits per heavy atom. The number of carbonyl (C=O) groups is 1. The first-order valence-corrected chi connectivity index (χ1v) is 10.7. The van der Waals surface area contributed by atoms with Gasteiger partial charge in [0.25, 0.3) is 0 Å². The lowest BCUT2D eigenvalue weighted by Gasteiger charge is -2.10. The van der Waals surface area contributed by atoms with E-state index in [9.17, 15) is 4.79 Å². The summed E-state index contributed by atoms with van der Waals surface area (Å²) in [4.78, 5) is 12.4. The number of hydrogen-bond acceptors (Lipinski definition) is 4. The Bertz CT molecular complexity index is 1040. The van der Waals surface area contributed by atoms with E-state index in [4.69, 9.17) is 17.0 Å². The number of unbranched alkanes of at least 4 members (excludes halogenated alkanes) is 1. The Morgan fingerprint density at radius 2 is 2.07 bits per heavy atom. The van der Waals surface area contributed by atoms with Gasteiger partial charge in [-0.05, 0) is 49.3 Å². The summed E-state index contributed by atoms with van der Waals surface area (Å²) in [5.41, 5.74) is 3.13. The smallest absolute Gasteiger partial charge is 0.222 e. The summed E-state index contributed by atoms with van der Waals surface area (Å²) in [5.74, 6) is 1.54. The fourth-order valence-corrected chi connectivity index (χ4v) is 3.34. The number of aromatic nitrogens is 3. The minimum absolute atomic E-state index is 0.0365. The van der Waals surface area contributed by atoms with Crippen molar-refractivity contribution in [2.24, 2.45) is 0 Å². The maximum Gasteiger partial charge on any atom is 0.222 e. The lowest BCUT2D eigenvalue weighted by atomic mass is 10.1. The highest BCUT2D eigenvalue weighted by Crippen LogP contribution is 2.19. The van der Waals surface area contributed by atoms with Crippen molar-refractivity contribution in [2.45, 2.75) is 46.2 Å². The van der Waals surface area contributed by atoms with Gasteiger partial charge in [0.2, 0.25) is 5.91 Å². The predicted octanol–water partition coefficient (Wildman–Crippen LogP) is 4.80. The van der Waals surface area contributed by atoms with Crippen LogP contribution in [-0.2, 0) is 17.9 Å². The molecule has 0 saturated carbocycles. The molecule has 0 radical (unpaired) electrons. The van der Waals surface area contributed by atoms with Crippen LogP contribution < -0.4 is 10.1 Å². The van der Waals surface area contributed by atoms with Crippen molar-refractivity contribution < 1.29 is 9.53 Å². The molecule has 1 heterocycles. The van der Waals surface area contributed by atoms with Crippen LogP contribution in [0.15, 0.2) is 48.5 Å². The third-order valence-corrected chi connectivity index (χ3v) is 5.06. The molecule has 3 rings (SSSR count). The van der Waals surface area contributed by atoms with Crippen LogP contribution >= 0.6 is 12.2 Å². The summed E-state index contributed by atoms with van der Waals surface area (Å²) in [6, 6.07) is 15.9. The van der Waals surface area contributed by atoms with Crippen LogP contribution in [0.1, 0.15) is 37.3 Å². The number of hydrogen-bond donors (Lipinski definition) is 2. The third-order valence-electron chi connectivity index (χ3n) is 4.75. The van der Waals surface area contributed by atoms with Crippen LogP contribution in [0.25, 0.3) is 11.4 Å². The van der Waals surface area contributed by atoms with E-state index in [0.29, 0.717) is 30.9 Å². The zero-order chi connectivity index (χ0) is 21.3. The predicted molar refractivity (Wildman–Crippen MR) is 121 cm³/mol. The number of ether oxygens (including phenoxy) is 1. The van der Waals surface area contributed by atoms with Crippen LogP contribution in [0.3, 0.4) is 0 Å². The van der Waals surface area contributed by atoms with Crippen molar-refractivity contribution in [3.8, 4) is 17.1 Å². The molecule has 0 saturated heterocycles. The van der Waals surface area contributed by atoms with Crippen LogP contribution in [-0.4, -0.2) is 27.3 Å². The molecule has 0 bridgehead atoms. The lowest BCUT2D eigenvalue weighted by molar-refractivity contribution is -0.121. The number of aromatic amines is 1. The summed E-state index contributed by atoms with van der Waals surface area (Å²) in [7, 11) is 0. The van der Waals surface area contributed by atoms with Gasteiger partial charge in [-0.1, -0.05) is 49.2 Å². The van der Waals surface area contributed by atoms with E-state index >= 15 is 0 Å². The van der Waals surface area contributed by atoms with E-state index in [1.807, 2.05) is 54.0 Å². The summed E-state index contributed by atoms with van der Waals surface area (Å²) in [6.07, 6.45) is 2.45. The van der Waals surface area contributed by atoms with E-state index in [-0.39, 0.29) is 5.91 Å². The van der Waals surface area contributed by atoms with E-state index in [1.165, 1.54) is 0 Å².